The van der Waals surface area contributed by atoms with E-state index in [2.05, 4.69) is 9.97 Å². The molecule has 11 heteroatoms. The molecule has 0 radical (unpaired) electrons. The molecule has 3 heterocycles. The Balaban J connectivity index is 2.09. The highest BCUT2D eigenvalue weighted by atomic mass is 16.7. The third-order valence-electron chi connectivity index (χ3n) is 4.60. The fraction of sp³-hybridized carbons (Fsp3) is 0.500. The summed E-state index contributed by atoms with van der Waals surface area (Å²) in [5, 5.41) is 0.578. The van der Waals surface area contributed by atoms with Crippen LogP contribution in [0.2, 0.25) is 0 Å². The second-order valence-electron chi connectivity index (χ2n) is 6.86. The molecule has 4 atom stereocenters. The topological polar surface area (TPSA) is 145 Å². The van der Waals surface area contributed by atoms with Crippen LogP contribution in [0.3, 0.4) is 0 Å². The molecule has 0 bridgehead atoms. The maximum atomic E-state index is 11.9. The van der Waals surface area contributed by atoms with Gasteiger partial charge in [-0.05, 0) is 13.0 Å². The number of nitrogens with zero attached hydrogens (tertiary/aromatic N) is 3. The van der Waals surface area contributed by atoms with Crippen LogP contribution in [-0.2, 0) is 33.3 Å². The maximum Gasteiger partial charge on any atom is 0.303 e. The van der Waals surface area contributed by atoms with Gasteiger partial charge in [0, 0.05) is 27.0 Å². The van der Waals surface area contributed by atoms with Crippen molar-refractivity contribution in [3.05, 3.63) is 18.6 Å². The van der Waals surface area contributed by atoms with Gasteiger partial charge >= 0.3 is 17.9 Å². The monoisotopic (exact) mass is 406 g/mol. The normalized spacial score (nSPS) is 26.3. The fourth-order valence-electron chi connectivity index (χ4n) is 3.52. The second-order valence-corrected chi connectivity index (χ2v) is 6.86. The predicted molar refractivity (Wildman–Crippen MR) is 98.2 cm³/mol. The van der Waals surface area contributed by atoms with E-state index in [1.165, 1.54) is 27.1 Å². The van der Waals surface area contributed by atoms with Crippen LogP contribution < -0.4 is 5.73 Å². The first kappa shape index (κ1) is 20.5. The van der Waals surface area contributed by atoms with Crippen LogP contribution in [0.15, 0.2) is 18.6 Å². The van der Waals surface area contributed by atoms with Crippen LogP contribution >= 0.6 is 0 Å². The van der Waals surface area contributed by atoms with Gasteiger partial charge < -0.3 is 29.2 Å². The molecule has 1 aliphatic heterocycles. The number of esters is 3. The summed E-state index contributed by atoms with van der Waals surface area (Å²) in [4.78, 5) is 43.1. The predicted octanol–water partition coefficient (Wildman–Crippen LogP) is 0.727. The molecule has 156 valence electrons. The molecule has 0 spiro atoms. The van der Waals surface area contributed by atoms with E-state index in [1.54, 1.807) is 23.8 Å². The summed E-state index contributed by atoms with van der Waals surface area (Å²) < 4.78 is 23.8. The van der Waals surface area contributed by atoms with Crippen molar-refractivity contribution >= 4 is 34.8 Å². The van der Waals surface area contributed by atoms with Crippen molar-refractivity contribution in [1.29, 1.82) is 0 Å². The lowest BCUT2D eigenvalue weighted by atomic mass is 9.95. The Labute approximate surface area is 166 Å². The number of rotatable bonds is 5. The minimum absolute atomic E-state index is 0.197. The number of fused-ring (bicyclic) bond motifs is 1. The number of hydrogen-bond acceptors (Lipinski definition) is 10. The minimum atomic E-state index is -1.44. The number of nitrogens with two attached hydrogens (primary N) is 1. The van der Waals surface area contributed by atoms with Gasteiger partial charge in [0.25, 0.3) is 0 Å². The van der Waals surface area contributed by atoms with Gasteiger partial charge in [-0.2, -0.15) is 0 Å². The second kappa shape index (κ2) is 7.66. The number of carbonyl (C=O) groups excluding carboxylic acids is 3. The molecule has 1 saturated heterocycles. The van der Waals surface area contributed by atoms with E-state index in [9.17, 15) is 14.4 Å². The molecular formula is C18H22N4O7. The number of anilines is 1. The molecule has 3 rings (SSSR count). The number of aromatic nitrogens is 3. The van der Waals surface area contributed by atoms with E-state index < -0.39 is 41.9 Å². The molecule has 2 N–H and O–H groups in total. The van der Waals surface area contributed by atoms with Crippen molar-refractivity contribution in [3.63, 3.8) is 0 Å². The van der Waals surface area contributed by atoms with Crippen molar-refractivity contribution in [3.8, 4) is 0 Å². The van der Waals surface area contributed by atoms with Crippen LogP contribution in [0, 0.1) is 0 Å². The molecule has 1 unspecified atom stereocenters. The van der Waals surface area contributed by atoms with Crippen LogP contribution in [0.25, 0.3) is 11.0 Å². The van der Waals surface area contributed by atoms with Gasteiger partial charge in [0.15, 0.2) is 17.9 Å². The van der Waals surface area contributed by atoms with E-state index in [-0.39, 0.29) is 12.4 Å². The van der Waals surface area contributed by atoms with E-state index >= 15 is 0 Å². The summed E-state index contributed by atoms with van der Waals surface area (Å²) >= 11 is 0. The van der Waals surface area contributed by atoms with Gasteiger partial charge in [-0.1, -0.05) is 0 Å². The molecule has 11 nitrogen and oxygen atoms in total. The Kier molecular flexibility index (Phi) is 5.42. The highest BCUT2D eigenvalue weighted by Gasteiger charge is 2.60. The lowest BCUT2D eigenvalue weighted by Gasteiger charge is -2.34. The Morgan fingerprint density at radius 3 is 2.55 bits per heavy atom. The van der Waals surface area contributed by atoms with Crippen LogP contribution in [0.1, 0.15) is 33.9 Å². The molecule has 0 amide bonds. The van der Waals surface area contributed by atoms with Crippen molar-refractivity contribution in [2.45, 2.75) is 51.7 Å². The Morgan fingerprint density at radius 1 is 1.21 bits per heavy atom. The number of nitrogen functional groups attached to an aromatic ring is 1. The van der Waals surface area contributed by atoms with Crippen LogP contribution in [-0.4, -0.2) is 56.9 Å². The Bertz CT molecular complexity index is 959. The largest absolute Gasteiger partial charge is 0.463 e. The minimum Gasteiger partial charge on any atom is -0.463 e. The Morgan fingerprint density at radius 2 is 1.93 bits per heavy atom. The van der Waals surface area contributed by atoms with Gasteiger partial charge in [0.1, 0.15) is 30.5 Å². The van der Waals surface area contributed by atoms with Crippen molar-refractivity contribution in [1.82, 2.24) is 14.5 Å². The molecule has 0 aromatic carbocycles. The Hall–Kier alpha value is -3.21. The van der Waals surface area contributed by atoms with Gasteiger partial charge in [0.2, 0.25) is 0 Å². The molecule has 1 fully saturated rings. The van der Waals surface area contributed by atoms with E-state index in [0.717, 1.165) is 0 Å². The lowest BCUT2D eigenvalue weighted by Crippen LogP contribution is -2.50. The highest BCUT2D eigenvalue weighted by molar-refractivity contribution is 5.86. The number of hydrogen-bond donors (Lipinski definition) is 1. The summed E-state index contributed by atoms with van der Waals surface area (Å²) in [5.74, 6) is -1.46. The summed E-state index contributed by atoms with van der Waals surface area (Å²) in [6.45, 7) is 5.09. The van der Waals surface area contributed by atoms with Crippen molar-refractivity contribution < 1.29 is 33.3 Å². The fourth-order valence-corrected chi connectivity index (χ4v) is 3.52. The number of carbonyl (C=O) groups is 3. The zero-order valence-electron chi connectivity index (χ0n) is 16.4. The van der Waals surface area contributed by atoms with Gasteiger partial charge in [-0.25, -0.2) is 9.97 Å². The molecule has 29 heavy (non-hydrogen) atoms. The van der Waals surface area contributed by atoms with E-state index in [4.69, 9.17) is 24.7 Å². The first-order valence-corrected chi connectivity index (χ1v) is 8.86. The summed E-state index contributed by atoms with van der Waals surface area (Å²) in [7, 11) is 0. The third-order valence-corrected chi connectivity index (χ3v) is 4.60. The van der Waals surface area contributed by atoms with Crippen LogP contribution in [0.4, 0.5) is 5.82 Å². The summed E-state index contributed by atoms with van der Waals surface area (Å²) in [5.41, 5.74) is 4.90. The molecule has 2 aromatic rings. The number of ether oxygens (including phenoxy) is 4. The molecular weight excluding hydrogens is 384 g/mol. The molecule has 1 aliphatic rings. The standard InChI is InChI=1S/C18H22N4O7/c1-9(23)26-7-13-14(27-10(2)24)18(4,29-11(3)25)17(28-13)22-6-5-12-15(19)20-8-21-16(12)22/h5-6,8,13-14,17H,7H2,1-4H3,(H2,19,20,21)/t13-,14-,17-,18?/m1/s1. The zero-order valence-corrected chi connectivity index (χ0v) is 16.4. The van der Waals surface area contributed by atoms with E-state index in [1.807, 2.05) is 0 Å². The van der Waals surface area contributed by atoms with E-state index in [0.29, 0.717) is 11.0 Å². The SMILES string of the molecule is CC(=O)OC[C@H]1O[C@@H](n2ccc3c(N)ncnc32)C(C)(OC(C)=O)[C@@H]1OC(C)=O. The molecule has 0 saturated carbocycles. The summed E-state index contributed by atoms with van der Waals surface area (Å²) in [6.07, 6.45) is 0.0923. The zero-order chi connectivity index (χ0) is 21.3. The highest BCUT2D eigenvalue weighted by Crippen LogP contribution is 2.44. The van der Waals surface area contributed by atoms with Crippen LogP contribution in [0.5, 0.6) is 0 Å². The summed E-state index contributed by atoms with van der Waals surface area (Å²) in [6, 6.07) is 1.70. The quantitative estimate of drug-likeness (QED) is 0.557. The molecule has 0 aliphatic carbocycles. The first-order valence-electron chi connectivity index (χ1n) is 8.86. The smallest absolute Gasteiger partial charge is 0.303 e. The average molecular weight is 406 g/mol. The van der Waals surface area contributed by atoms with Gasteiger partial charge in [-0.3, -0.25) is 14.4 Å². The molecule has 2 aromatic heterocycles. The third kappa shape index (κ3) is 3.86. The lowest BCUT2D eigenvalue weighted by molar-refractivity contribution is -0.184. The maximum absolute atomic E-state index is 11.9. The van der Waals surface area contributed by atoms with Gasteiger partial charge in [-0.15, -0.1) is 0 Å². The van der Waals surface area contributed by atoms with Crippen molar-refractivity contribution in [2.24, 2.45) is 0 Å². The first-order chi connectivity index (χ1) is 13.6. The average Bonchev–Trinajstić information content (AvgIpc) is 3.13. The van der Waals surface area contributed by atoms with Crippen molar-refractivity contribution in [2.75, 3.05) is 12.3 Å². The van der Waals surface area contributed by atoms with Gasteiger partial charge in [0.05, 0.1) is 5.39 Å².